The third-order valence-electron chi connectivity index (χ3n) is 3.46. The van der Waals surface area contributed by atoms with Crippen molar-refractivity contribution >= 4 is 16.0 Å². The molecule has 0 spiro atoms. The number of rotatable bonds is 7. The Hall–Kier alpha value is -0.620. The van der Waals surface area contributed by atoms with Crippen molar-refractivity contribution in [1.29, 1.82) is 0 Å². The van der Waals surface area contributed by atoms with Crippen molar-refractivity contribution in [1.82, 2.24) is 4.72 Å². The maximum absolute atomic E-state index is 11.8. The number of carbonyl (C=O) groups is 1. The maximum Gasteiger partial charge on any atom is 0.322 e. The fourth-order valence-electron chi connectivity index (χ4n) is 2.40. The van der Waals surface area contributed by atoms with Crippen LogP contribution in [0.2, 0.25) is 0 Å². The lowest BCUT2D eigenvalue weighted by Gasteiger charge is -2.27. The van der Waals surface area contributed by atoms with Crippen LogP contribution in [0.25, 0.3) is 0 Å². The van der Waals surface area contributed by atoms with Gasteiger partial charge >= 0.3 is 5.97 Å². The van der Waals surface area contributed by atoms with Gasteiger partial charge in [0.2, 0.25) is 10.0 Å². The van der Waals surface area contributed by atoms with E-state index in [1.165, 1.54) is 0 Å². The predicted octanol–water partition coefficient (Wildman–Crippen LogP) is 1.74. The molecular weight excluding hydrogens is 254 g/mol. The van der Waals surface area contributed by atoms with Crippen LogP contribution in [-0.4, -0.2) is 31.3 Å². The van der Waals surface area contributed by atoms with Gasteiger partial charge in [0.15, 0.2) is 0 Å². The largest absolute Gasteiger partial charge is 0.480 e. The molecule has 0 aliphatic heterocycles. The second kappa shape index (κ2) is 7.09. The van der Waals surface area contributed by atoms with Crippen LogP contribution < -0.4 is 4.72 Å². The number of carboxylic acids is 1. The number of sulfonamides is 1. The molecule has 1 saturated carbocycles. The molecule has 106 valence electrons. The Morgan fingerprint density at radius 3 is 2.44 bits per heavy atom. The molecule has 18 heavy (non-hydrogen) atoms. The summed E-state index contributed by atoms with van der Waals surface area (Å²) in [5, 5.41) is 9.19. The molecule has 5 nitrogen and oxygen atoms in total. The second-order valence-corrected chi connectivity index (χ2v) is 6.88. The first-order valence-electron chi connectivity index (χ1n) is 6.69. The van der Waals surface area contributed by atoms with Crippen LogP contribution in [-0.2, 0) is 14.8 Å². The normalized spacial score (nSPS) is 19.6. The number of carboxylic acid groups (broad SMARTS) is 1. The average Bonchev–Trinajstić information content (AvgIpc) is 2.34. The van der Waals surface area contributed by atoms with Gasteiger partial charge < -0.3 is 5.11 Å². The van der Waals surface area contributed by atoms with Gasteiger partial charge in [-0.25, -0.2) is 13.1 Å². The van der Waals surface area contributed by atoms with Crippen LogP contribution in [0.5, 0.6) is 0 Å². The van der Waals surface area contributed by atoms with Crippen LogP contribution in [0.1, 0.15) is 51.9 Å². The van der Waals surface area contributed by atoms with Crippen molar-refractivity contribution in [2.75, 3.05) is 5.75 Å². The molecule has 1 aliphatic rings. The fraction of sp³-hybridized carbons (Fsp3) is 0.917. The molecule has 0 aromatic carbocycles. The van der Waals surface area contributed by atoms with Gasteiger partial charge in [0, 0.05) is 0 Å². The Kier molecular flexibility index (Phi) is 6.08. The highest BCUT2D eigenvalue weighted by Crippen LogP contribution is 2.27. The molecule has 1 aliphatic carbocycles. The fourth-order valence-corrected chi connectivity index (χ4v) is 3.87. The first-order valence-corrected chi connectivity index (χ1v) is 8.34. The zero-order chi connectivity index (χ0) is 13.6. The molecule has 0 saturated heterocycles. The molecule has 1 fully saturated rings. The Morgan fingerprint density at radius 1 is 1.33 bits per heavy atom. The summed E-state index contributed by atoms with van der Waals surface area (Å²) in [4.78, 5) is 11.2. The van der Waals surface area contributed by atoms with E-state index in [0.29, 0.717) is 6.42 Å². The van der Waals surface area contributed by atoms with E-state index in [4.69, 9.17) is 0 Å². The Morgan fingerprint density at radius 2 is 1.94 bits per heavy atom. The van der Waals surface area contributed by atoms with Crippen molar-refractivity contribution in [2.24, 2.45) is 5.92 Å². The molecule has 1 rings (SSSR count). The standard InChI is InChI=1S/C12H23NO4S/c1-2-3-9-18(16,17)13-11(12(14)15)10-7-5-4-6-8-10/h10-11,13H,2-9H2,1H3,(H,14,15). The van der Waals surface area contributed by atoms with Gasteiger partial charge in [-0.15, -0.1) is 0 Å². The summed E-state index contributed by atoms with van der Waals surface area (Å²) < 4.78 is 25.9. The summed E-state index contributed by atoms with van der Waals surface area (Å²) >= 11 is 0. The first kappa shape index (κ1) is 15.4. The number of hydrogen-bond acceptors (Lipinski definition) is 3. The van der Waals surface area contributed by atoms with Crippen molar-refractivity contribution in [3.63, 3.8) is 0 Å². The quantitative estimate of drug-likeness (QED) is 0.742. The SMILES string of the molecule is CCCCS(=O)(=O)NC(C(=O)O)C1CCCCC1. The summed E-state index contributed by atoms with van der Waals surface area (Å²) in [6.07, 6.45) is 6.04. The molecule has 2 N–H and O–H groups in total. The first-order chi connectivity index (χ1) is 8.46. The minimum Gasteiger partial charge on any atom is -0.480 e. The summed E-state index contributed by atoms with van der Waals surface area (Å²) in [6.45, 7) is 1.91. The number of aliphatic carboxylic acids is 1. The van der Waals surface area contributed by atoms with Crippen LogP contribution >= 0.6 is 0 Å². The molecule has 0 radical (unpaired) electrons. The van der Waals surface area contributed by atoms with Crippen molar-refractivity contribution in [3.05, 3.63) is 0 Å². The zero-order valence-electron chi connectivity index (χ0n) is 10.9. The van der Waals surface area contributed by atoms with Crippen LogP contribution in [0.4, 0.5) is 0 Å². The van der Waals surface area contributed by atoms with Gasteiger partial charge in [-0.3, -0.25) is 4.79 Å². The van der Waals surface area contributed by atoms with Crippen molar-refractivity contribution in [2.45, 2.75) is 57.9 Å². The minimum atomic E-state index is -3.47. The van der Waals surface area contributed by atoms with E-state index in [9.17, 15) is 18.3 Å². The molecule has 6 heteroatoms. The Balaban J connectivity index is 2.64. The lowest BCUT2D eigenvalue weighted by molar-refractivity contribution is -0.140. The molecular formula is C12H23NO4S. The van der Waals surface area contributed by atoms with E-state index in [-0.39, 0.29) is 11.7 Å². The third-order valence-corrected chi connectivity index (χ3v) is 4.90. The topological polar surface area (TPSA) is 83.5 Å². The van der Waals surface area contributed by atoms with Gasteiger partial charge in [0.1, 0.15) is 6.04 Å². The molecule has 0 aromatic rings. The van der Waals surface area contributed by atoms with Gasteiger partial charge in [0.25, 0.3) is 0 Å². The van der Waals surface area contributed by atoms with Gasteiger partial charge in [-0.05, 0) is 25.2 Å². The lowest BCUT2D eigenvalue weighted by Crippen LogP contribution is -2.47. The van der Waals surface area contributed by atoms with Gasteiger partial charge in [-0.1, -0.05) is 32.6 Å². The van der Waals surface area contributed by atoms with Crippen molar-refractivity contribution < 1.29 is 18.3 Å². The van der Waals surface area contributed by atoms with Crippen molar-refractivity contribution in [3.8, 4) is 0 Å². The molecule has 0 heterocycles. The third kappa shape index (κ3) is 4.94. The highest BCUT2D eigenvalue weighted by molar-refractivity contribution is 7.89. The highest BCUT2D eigenvalue weighted by atomic mass is 32.2. The highest BCUT2D eigenvalue weighted by Gasteiger charge is 2.32. The minimum absolute atomic E-state index is 0.0139. The average molecular weight is 277 g/mol. The van der Waals surface area contributed by atoms with E-state index in [0.717, 1.165) is 38.5 Å². The van der Waals surface area contributed by atoms with E-state index < -0.39 is 22.0 Å². The van der Waals surface area contributed by atoms with Gasteiger partial charge in [0.05, 0.1) is 5.75 Å². The lowest BCUT2D eigenvalue weighted by atomic mass is 9.84. The van der Waals surface area contributed by atoms with E-state index in [2.05, 4.69) is 4.72 Å². The molecule has 0 bridgehead atoms. The predicted molar refractivity (Wildman–Crippen MR) is 69.8 cm³/mol. The summed E-state index contributed by atoms with van der Waals surface area (Å²) in [7, 11) is -3.47. The second-order valence-electron chi connectivity index (χ2n) is 5.00. The van der Waals surface area contributed by atoms with E-state index in [1.807, 2.05) is 6.92 Å². The smallest absolute Gasteiger partial charge is 0.322 e. The van der Waals surface area contributed by atoms with Crippen LogP contribution in [0, 0.1) is 5.92 Å². The molecule has 0 aromatic heterocycles. The molecule has 1 unspecified atom stereocenters. The van der Waals surface area contributed by atoms with Crippen LogP contribution in [0.15, 0.2) is 0 Å². The Labute approximate surface area is 109 Å². The van der Waals surface area contributed by atoms with Crippen LogP contribution in [0.3, 0.4) is 0 Å². The van der Waals surface area contributed by atoms with E-state index in [1.54, 1.807) is 0 Å². The zero-order valence-corrected chi connectivity index (χ0v) is 11.7. The molecule has 1 atom stereocenters. The Bertz CT molecular complexity index is 360. The maximum atomic E-state index is 11.8. The summed E-state index contributed by atoms with van der Waals surface area (Å²) in [6, 6.07) is -0.952. The number of unbranched alkanes of at least 4 members (excludes halogenated alkanes) is 1. The summed E-state index contributed by atoms with van der Waals surface area (Å²) in [5.41, 5.74) is 0. The number of nitrogens with one attached hydrogen (secondary N) is 1. The molecule has 0 amide bonds. The monoisotopic (exact) mass is 277 g/mol. The summed E-state index contributed by atoms with van der Waals surface area (Å²) in [5.74, 6) is -1.10. The number of hydrogen-bond donors (Lipinski definition) is 2. The van der Waals surface area contributed by atoms with Gasteiger partial charge in [-0.2, -0.15) is 0 Å². The van der Waals surface area contributed by atoms with E-state index >= 15 is 0 Å².